The summed E-state index contributed by atoms with van der Waals surface area (Å²) in [5.41, 5.74) is 0.927. The zero-order chi connectivity index (χ0) is 24.7. The number of carbonyl (C=O) groups excluding carboxylic acids is 1. The normalized spacial score (nSPS) is 12.1. The Balaban J connectivity index is 1.72. The first-order chi connectivity index (χ1) is 16.2. The molecule has 1 heterocycles. The van der Waals surface area contributed by atoms with E-state index in [9.17, 15) is 14.0 Å². The van der Waals surface area contributed by atoms with Gasteiger partial charge in [-0.1, -0.05) is 12.1 Å². The molecule has 6 nitrogen and oxygen atoms in total. The number of carboxylic acid groups (broad SMARTS) is 1. The van der Waals surface area contributed by atoms with Crippen molar-refractivity contribution in [2.75, 3.05) is 13.7 Å². The lowest BCUT2D eigenvalue weighted by molar-refractivity contribution is -0.137. The fraction of sp³-hybridized carbons (Fsp3) is 0.280. The third kappa shape index (κ3) is 6.44. The number of unbranched alkanes of at least 4 members (excludes halogenated alkanes) is 2. The molecule has 168 valence electrons. The van der Waals surface area contributed by atoms with Crippen LogP contribution in [0.3, 0.4) is 0 Å². The van der Waals surface area contributed by atoms with Gasteiger partial charge in [-0.15, -0.1) is 0 Å². The monoisotopic (exact) mass is 441 g/mol. The van der Waals surface area contributed by atoms with Gasteiger partial charge in [0.15, 0.2) is 0 Å². The van der Waals surface area contributed by atoms with Crippen LogP contribution in [0.1, 0.15) is 44.3 Å². The summed E-state index contributed by atoms with van der Waals surface area (Å²) in [6.07, 6.45) is 3.31. The van der Waals surface area contributed by atoms with E-state index in [1.54, 1.807) is 42.7 Å². The Hall–Kier alpha value is -3.61. The summed E-state index contributed by atoms with van der Waals surface area (Å²) in [4.78, 5) is 24.5. The van der Waals surface area contributed by atoms with E-state index in [1.807, 2.05) is 0 Å². The molecule has 0 radical (unpaired) electrons. The van der Waals surface area contributed by atoms with Crippen LogP contribution < -0.4 is 4.74 Å². The highest BCUT2D eigenvalue weighted by atomic mass is 19.1. The molecule has 3 rings (SSSR count). The van der Waals surface area contributed by atoms with Crippen molar-refractivity contribution in [2.24, 2.45) is 0 Å². The molecule has 1 amide bonds. The average molecular weight is 441 g/mol. The highest BCUT2D eigenvalue weighted by Gasteiger charge is 2.15. The van der Waals surface area contributed by atoms with E-state index in [0.29, 0.717) is 25.0 Å². The summed E-state index contributed by atoms with van der Waals surface area (Å²) < 4.78 is 42.2. The summed E-state index contributed by atoms with van der Waals surface area (Å²) in [6.45, 7) is -2.16. The number of ether oxygens (including phenoxy) is 1. The van der Waals surface area contributed by atoms with Gasteiger partial charge in [0.2, 0.25) is 0 Å². The Labute approximate surface area is 189 Å². The van der Waals surface area contributed by atoms with Crippen molar-refractivity contribution >= 4 is 11.9 Å². The minimum absolute atomic E-state index is 0.0692. The van der Waals surface area contributed by atoms with Crippen molar-refractivity contribution in [3.63, 3.8) is 0 Å². The second kappa shape index (κ2) is 11.1. The molecule has 0 spiro atoms. The molecule has 7 heteroatoms. The van der Waals surface area contributed by atoms with Gasteiger partial charge < -0.3 is 19.2 Å². The third-order valence-corrected chi connectivity index (χ3v) is 4.76. The molecule has 0 saturated carbocycles. The van der Waals surface area contributed by atoms with E-state index in [1.165, 1.54) is 13.1 Å². The van der Waals surface area contributed by atoms with E-state index in [4.69, 9.17) is 17.0 Å². The van der Waals surface area contributed by atoms with Gasteiger partial charge in [0.05, 0.1) is 15.6 Å². The van der Waals surface area contributed by atoms with Crippen molar-refractivity contribution in [3.8, 4) is 17.1 Å². The molecule has 1 N–H and O–H groups in total. The van der Waals surface area contributed by atoms with Crippen LogP contribution in [0, 0.1) is 5.82 Å². The predicted octanol–water partition coefficient (Wildman–Crippen LogP) is 5.38. The Morgan fingerprint density at radius 1 is 1.12 bits per heavy atom. The lowest BCUT2D eigenvalue weighted by Crippen LogP contribution is -2.26. The number of carbonyl (C=O) groups is 2. The predicted molar refractivity (Wildman–Crippen MR) is 118 cm³/mol. The Kier molecular flexibility index (Phi) is 7.06. The lowest BCUT2D eigenvalue weighted by atomic mass is 10.1. The Morgan fingerprint density at radius 2 is 1.91 bits per heavy atom. The van der Waals surface area contributed by atoms with E-state index in [0.717, 1.165) is 22.6 Å². The van der Waals surface area contributed by atoms with Crippen LogP contribution in [0.25, 0.3) is 11.3 Å². The van der Waals surface area contributed by atoms with Crippen LogP contribution >= 0.6 is 0 Å². The summed E-state index contributed by atoms with van der Waals surface area (Å²) >= 11 is 0. The smallest absolute Gasteiger partial charge is 0.303 e. The number of hydrogen-bond donors (Lipinski definition) is 1. The van der Waals surface area contributed by atoms with E-state index >= 15 is 0 Å². The third-order valence-electron chi connectivity index (χ3n) is 4.76. The Bertz CT molecular complexity index is 1120. The largest absolute Gasteiger partial charge is 0.493 e. The maximum absolute atomic E-state index is 14.0. The van der Waals surface area contributed by atoms with Crippen molar-refractivity contribution in [2.45, 2.75) is 32.2 Å². The van der Waals surface area contributed by atoms with Crippen molar-refractivity contribution < 1.29 is 31.0 Å². The Morgan fingerprint density at radius 3 is 2.59 bits per heavy atom. The molecule has 3 aromatic rings. The topological polar surface area (TPSA) is 80.0 Å². The minimum atomic E-state index is -2.36. The maximum atomic E-state index is 14.0. The molecular formula is C25H26FNO5. The van der Waals surface area contributed by atoms with E-state index < -0.39 is 24.2 Å². The second-order valence-electron chi connectivity index (χ2n) is 7.22. The standard InChI is InChI=1S/C25H26FNO5/c1-27(25(30)19-10-8-18(9-11-19)22-6-5-15-32-22)17-20-16-21(26)12-13-23(20)31-14-4-2-3-7-24(28)29/h5-6,8-13,15-16H,2-4,7,14,17H2,1H3,(H,28,29)/i17D2. The van der Waals surface area contributed by atoms with Crippen LogP contribution in [0.15, 0.2) is 65.3 Å². The molecule has 0 saturated heterocycles. The highest BCUT2D eigenvalue weighted by molar-refractivity contribution is 5.94. The van der Waals surface area contributed by atoms with Crippen molar-refractivity contribution in [1.82, 2.24) is 4.90 Å². The second-order valence-corrected chi connectivity index (χ2v) is 7.22. The van der Waals surface area contributed by atoms with Gasteiger partial charge >= 0.3 is 5.97 Å². The molecule has 0 aliphatic rings. The minimum Gasteiger partial charge on any atom is -0.493 e. The van der Waals surface area contributed by atoms with Gasteiger partial charge in [0.1, 0.15) is 17.3 Å². The van der Waals surface area contributed by atoms with E-state index in [2.05, 4.69) is 0 Å². The number of rotatable bonds is 11. The number of carboxylic acids is 1. The van der Waals surface area contributed by atoms with Gasteiger partial charge in [-0.25, -0.2) is 4.39 Å². The summed E-state index contributed by atoms with van der Waals surface area (Å²) in [5, 5.41) is 8.69. The molecule has 0 bridgehead atoms. The highest BCUT2D eigenvalue weighted by Crippen LogP contribution is 2.24. The van der Waals surface area contributed by atoms with Crippen LogP contribution in [0.2, 0.25) is 0 Å². The molecule has 32 heavy (non-hydrogen) atoms. The maximum Gasteiger partial charge on any atom is 0.303 e. The van der Waals surface area contributed by atoms with Gasteiger partial charge in [-0.05, 0) is 61.7 Å². The molecule has 0 fully saturated rings. The van der Waals surface area contributed by atoms with Gasteiger partial charge in [0, 0.05) is 36.7 Å². The number of hydrogen-bond acceptors (Lipinski definition) is 4. The number of amides is 1. The van der Waals surface area contributed by atoms with Crippen molar-refractivity contribution in [3.05, 3.63) is 77.8 Å². The number of furan rings is 1. The number of benzene rings is 2. The summed E-state index contributed by atoms with van der Waals surface area (Å²) in [7, 11) is 1.31. The molecular weight excluding hydrogens is 413 g/mol. The van der Waals surface area contributed by atoms with Crippen LogP contribution in [0.5, 0.6) is 5.75 Å². The van der Waals surface area contributed by atoms with Crippen LogP contribution in [-0.4, -0.2) is 35.5 Å². The quantitative estimate of drug-likeness (QED) is 0.404. The molecule has 0 unspecified atom stereocenters. The number of aliphatic carboxylic acids is 1. The summed E-state index contributed by atoms with van der Waals surface area (Å²) in [5.74, 6) is -1.33. The summed E-state index contributed by atoms with van der Waals surface area (Å²) in [6, 6.07) is 13.6. The van der Waals surface area contributed by atoms with Gasteiger partial charge in [-0.2, -0.15) is 0 Å². The van der Waals surface area contributed by atoms with Gasteiger partial charge in [0.25, 0.3) is 5.91 Å². The number of nitrogens with zero attached hydrogens (tertiary/aromatic N) is 1. The molecule has 2 aromatic carbocycles. The molecule has 0 aliphatic carbocycles. The lowest BCUT2D eigenvalue weighted by Gasteiger charge is -2.20. The first-order valence-corrected chi connectivity index (χ1v) is 10.3. The van der Waals surface area contributed by atoms with Gasteiger partial charge in [-0.3, -0.25) is 9.59 Å². The molecule has 0 atom stereocenters. The van der Waals surface area contributed by atoms with Crippen LogP contribution in [-0.2, 0) is 11.3 Å². The van der Waals surface area contributed by atoms with Crippen LogP contribution in [0.4, 0.5) is 4.39 Å². The molecule has 0 aliphatic heterocycles. The zero-order valence-corrected chi connectivity index (χ0v) is 17.7. The fourth-order valence-corrected chi connectivity index (χ4v) is 3.10. The SMILES string of the molecule is [2H]C([2H])(c1cc(F)ccc1OCCCCCC(=O)O)N(C)C(=O)c1ccc(-c2ccco2)cc1. The fourth-order valence-electron chi connectivity index (χ4n) is 3.10. The average Bonchev–Trinajstić information content (AvgIpc) is 3.36. The van der Waals surface area contributed by atoms with E-state index in [-0.39, 0.29) is 29.9 Å². The first kappa shape index (κ1) is 20.3. The zero-order valence-electron chi connectivity index (χ0n) is 19.7. The molecule has 1 aromatic heterocycles. The first-order valence-electron chi connectivity index (χ1n) is 11.3. The number of halogens is 1. The van der Waals surface area contributed by atoms with Crippen molar-refractivity contribution in [1.29, 1.82) is 0 Å².